The van der Waals surface area contributed by atoms with E-state index in [1.54, 1.807) is 0 Å². The normalized spacial score (nSPS) is 26.5. The second-order valence-corrected chi connectivity index (χ2v) is 9.24. The van der Waals surface area contributed by atoms with Crippen LogP contribution in [0.4, 0.5) is 0 Å². The third kappa shape index (κ3) is 4.11. The van der Waals surface area contributed by atoms with Crippen LogP contribution in [0.25, 0.3) is 22.4 Å². The van der Waals surface area contributed by atoms with Crippen molar-refractivity contribution in [2.75, 3.05) is 39.5 Å². The van der Waals surface area contributed by atoms with Gasteiger partial charge in [0.15, 0.2) is 11.8 Å². The summed E-state index contributed by atoms with van der Waals surface area (Å²) in [5, 5.41) is 0.565. The Labute approximate surface area is 197 Å². The predicted molar refractivity (Wildman–Crippen MR) is 124 cm³/mol. The number of morpholine rings is 1. The van der Waals surface area contributed by atoms with Gasteiger partial charge in [0, 0.05) is 31.3 Å². The number of nitrogens with one attached hydrogen (secondary N) is 1. The number of halogens is 1. The molecule has 2 aromatic heterocycles. The molecule has 0 amide bonds. The molecule has 3 aromatic rings. The highest BCUT2D eigenvalue weighted by Crippen LogP contribution is 2.33. The van der Waals surface area contributed by atoms with E-state index >= 15 is 0 Å². The van der Waals surface area contributed by atoms with Gasteiger partial charge in [-0.2, -0.15) is 4.98 Å². The number of hydrogen-bond acceptors (Lipinski definition) is 7. The van der Waals surface area contributed by atoms with Crippen LogP contribution >= 0.6 is 11.6 Å². The molecule has 174 valence electrons. The van der Waals surface area contributed by atoms with Gasteiger partial charge in [0.25, 0.3) is 6.01 Å². The Morgan fingerprint density at radius 1 is 1.12 bits per heavy atom. The van der Waals surface area contributed by atoms with Crippen molar-refractivity contribution < 1.29 is 18.9 Å². The Kier molecular flexibility index (Phi) is 5.72. The molecule has 3 fully saturated rings. The third-order valence-electron chi connectivity index (χ3n) is 6.85. The quantitative estimate of drug-likeness (QED) is 0.610. The minimum Gasteiger partial charge on any atom is -0.456 e. The van der Waals surface area contributed by atoms with Crippen molar-refractivity contribution in [3.63, 3.8) is 0 Å². The largest absolute Gasteiger partial charge is 0.456 e. The lowest BCUT2D eigenvalue weighted by molar-refractivity contribution is 0.0198. The number of rotatable bonds is 5. The predicted octanol–water partition coefficient (Wildman–Crippen LogP) is 3.61. The van der Waals surface area contributed by atoms with Crippen LogP contribution < -0.4 is 4.74 Å². The average Bonchev–Trinajstić information content (AvgIpc) is 3.56. The SMILES string of the molecule is CC(c1ccc(-c2nc3nc(OC4CO[C@@H]5CCO[C@H]45)[nH]c3cc2Cl)cc1)N1CCOCC1. The topological polar surface area (TPSA) is 81.7 Å². The number of aromatic nitrogens is 3. The summed E-state index contributed by atoms with van der Waals surface area (Å²) in [6.07, 6.45) is 0.819. The first-order valence-electron chi connectivity index (χ1n) is 11.5. The summed E-state index contributed by atoms with van der Waals surface area (Å²) in [5.41, 5.74) is 4.23. The van der Waals surface area contributed by atoms with Crippen LogP contribution in [0.1, 0.15) is 24.9 Å². The zero-order chi connectivity index (χ0) is 22.4. The summed E-state index contributed by atoms with van der Waals surface area (Å²) in [6, 6.07) is 11.0. The van der Waals surface area contributed by atoms with Crippen LogP contribution in [0.3, 0.4) is 0 Å². The first kappa shape index (κ1) is 21.3. The molecule has 6 rings (SSSR count). The van der Waals surface area contributed by atoms with Gasteiger partial charge in [0.05, 0.1) is 42.2 Å². The van der Waals surface area contributed by atoms with Crippen molar-refractivity contribution in [1.82, 2.24) is 19.9 Å². The number of pyridine rings is 1. The highest BCUT2D eigenvalue weighted by atomic mass is 35.5. The van der Waals surface area contributed by atoms with E-state index in [1.165, 1.54) is 5.56 Å². The summed E-state index contributed by atoms with van der Waals surface area (Å²) in [7, 11) is 0. The zero-order valence-corrected chi connectivity index (χ0v) is 19.3. The number of aromatic amines is 1. The van der Waals surface area contributed by atoms with Gasteiger partial charge in [-0.15, -0.1) is 0 Å². The van der Waals surface area contributed by atoms with Crippen LogP contribution in [0.2, 0.25) is 5.02 Å². The average molecular weight is 471 g/mol. The van der Waals surface area contributed by atoms with Crippen LogP contribution in [-0.2, 0) is 14.2 Å². The molecule has 33 heavy (non-hydrogen) atoms. The van der Waals surface area contributed by atoms with Crippen molar-refractivity contribution in [3.8, 4) is 17.3 Å². The zero-order valence-electron chi connectivity index (χ0n) is 18.5. The van der Waals surface area contributed by atoms with E-state index in [2.05, 4.69) is 46.1 Å². The molecule has 3 saturated heterocycles. The summed E-state index contributed by atoms with van der Waals surface area (Å²) in [4.78, 5) is 14.9. The van der Waals surface area contributed by atoms with Crippen LogP contribution in [-0.4, -0.2) is 77.7 Å². The van der Waals surface area contributed by atoms with E-state index in [1.807, 2.05) is 6.07 Å². The number of ether oxygens (including phenoxy) is 4. The van der Waals surface area contributed by atoms with Crippen LogP contribution in [0.5, 0.6) is 6.01 Å². The maximum atomic E-state index is 6.60. The van der Waals surface area contributed by atoms with Gasteiger partial charge >= 0.3 is 0 Å². The van der Waals surface area contributed by atoms with Crippen LogP contribution in [0.15, 0.2) is 30.3 Å². The number of nitrogens with zero attached hydrogens (tertiary/aromatic N) is 3. The monoisotopic (exact) mass is 470 g/mol. The fourth-order valence-corrected chi connectivity index (χ4v) is 5.18. The Bertz CT molecular complexity index is 1130. The lowest BCUT2D eigenvalue weighted by Crippen LogP contribution is -2.37. The lowest BCUT2D eigenvalue weighted by atomic mass is 10.0. The van der Waals surface area contributed by atoms with E-state index in [9.17, 15) is 0 Å². The summed E-state index contributed by atoms with van der Waals surface area (Å²) < 4.78 is 23.0. The standard InChI is InChI=1S/C24H27ClN4O4/c1-14(29-7-10-30-11-8-29)15-2-4-16(5-3-15)21-17(25)12-18-23(27-21)28-24(26-18)33-20-13-32-19-6-9-31-22(19)20/h2-5,12,14,19-20,22H,6-11,13H2,1H3,(H,26,27,28)/t14?,19-,20?,22+/m1/s1. The highest BCUT2D eigenvalue weighted by Gasteiger charge is 2.43. The smallest absolute Gasteiger partial charge is 0.296 e. The molecule has 4 atom stereocenters. The minimum atomic E-state index is -0.172. The van der Waals surface area contributed by atoms with Gasteiger partial charge in [0.2, 0.25) is 0 Å². The molecular weight excluding hydrogens is 444 g/mol. The molecule has 9 heteroatoms. The van der Waals surface area contributed by atoms with Crippen molar-refractivity contribution in [3.05, 3.63) is 40.9 Å². The molecule has 0 spiro atoms. The molecule has 0 radical (unpaired) electrons. The molecule has 3 aliphatic rings. The minimum absolute atomic E-state index is 0.0383. The van der Waals surface area contributed by atoms with Gasteiger partial charge in [-0.1, -0.05) is 35.9 Å². The molecule has 3 aliphatic heterocycles. The fraction of sp³-hybridized carbons (Fsp3) is 0.500. The lowest BCUT2D eigenvalue weighted by Gasteiger charge is -2.32. The number of benzene rings is 1. The van der Waals surface area contributed by atoms with E-state index in [0.29, 0.717) is 41.6 Å². The Morgan fingerprint density at radius 2 is 1.94 bits per heavy atom. The van der Waals surface area contributed by atoms with E-state index in [4.69, 9.17) is 35.5 Å². The molecule has 1 N–H and O–H groups in total. The van der Waals surface area contributed by atoms with Crippen LogP contribution in [0, 0.1) is 0 Å². The number of H-pyrrole nitrogens is 1. The number of hydrogen-bond donors (Lipinski definition) is 1. The van der Waals surface area contributed by atoms with Crippen molar-refractivity contribution >= 4 is 22.8 Å². The fourth-order valence-electron chi connectivity index (χ4n) is 4.92. The second kappa shape index (κ2) is 8.85. The van der Waals surface area contributed by atoms with Gasteiger partial charge < -0.3 is 23.9 Å². The third-order valence-corrected chi connectivity index (χ3v) is 7.14. The van der Waals surface area contributed by atoms with E-state index < -0.39 is 0 Å². The molecule has 2 unspecified atom stereocenters. The Balaban J connectivity index is 1.21. The first-order chi connectivity index (χ1) is 16.2. The van der Waals surface area contributed by atoms with Gasteiger partial charge in [0.1, 0.15) is 6.10 Å². The second-order valence-electron chi connectivity index (χ2n) is 8.83. The van der Waals surface area contributed by atoms with E-state index in [-0.39, 0.29) is 18.3 Å². The summed E-state index contributed by atoms with van der Waals surface area (Å²) in [5.74, 6) is 0. The molecule has 0 aliphatic carbocycles. The molecule has 8 nitrogen and oxygen atoms in total. The van der Waals surface area contributed by atoms with Gasteiger partial charge in [-0.25, -0.2) is 4.98 Å². The maximum Gasteiger partial charge on any atom is 0.296 e. The Hall–Kier alpha value is -2.23. The molecule has 1 aromatic carbocycles. The first-order valence-corrected chi connectivity index (χ1v) is 11.9. The summed E-state index contributed by atoms with van der Waals surface area (Å²) in [6.45, 7) is 6.94. The number of imidazole rings is 1. The maximum absolute atomic E-state index is 6.60. The van der Waals surface area contributed by atoms with Gasteiger partial charge in [-0.3, -0.25) is 4.90 Å². The molecule has 5 heterocycles. The summed E-state index contributed by atoms with van der Waals surface area (Å²) >= 11 is 6.60. The van der Waals surface area contributed by atoms with Gasteiger partial charge in [-0.05, 0) is 25.0 Å². The molecule has 0 saturated carbocycles. The van der Waals surface area contributed by atoms with Crippen molar-refractivity contribution in [1.29, 1.82) is 0 Å². The van der Waals surface area contributed by atoms with E-state index in [0.717, 1.165) is 43.8 Å². The number of fused-ring (bicyclic) bond motifs is 2. The highest BCUT2D eigenvalue weighted by molar-refractivity contribution is 6.33. The Morgan fingerprint density at radius 3 is 2.76 bits per heavy atom. The van der Waals surface area contributed by atoms with Crippen molar-refractivity contribution in [2.45, 2.75) is 37.7 Å². The molecular formula is C24H27ClN4O4. The molecule has 0 bridgehead atoms. The van der Waals surface area contributed by atoms with Crippen molar-refractivity contribution in [2.24, 2.45) is 0 Å².